The van der Waals surface area contributed by atoms with Gasteiger partial charge in [-0.05, 0) is 55.0 Å². The molecular formula is C25H30N4O3. The Labute approximate surface area is 188 Å². The Balaban J connectivity index is 1.30. The number of ether oxygens (including phenoxy) is 3. The lowest BCUT2D eigenvalue weighted by Crippen LogP contribution is -2.37. The second-order valence-corrected chi connectivity index (χ2v) is 8.36. The molecule has 1 saturated heterocycles. The molecule has 2 aliphatic rings. The molecule has 1 aromatic heterocycles. The van der Waals surface area contributed by atoms with Crippen LogP contribution in [0.2, 0.25) is 0 Å². The van der Waals surface area contributed by atoms with Gasteiger partial charge in [-0.15, -0.1) is 0 Å². The molecule has 7 nitrogen and oxygen atoms in total. The molecule has 0 unspecified atom stereocenters. The molecule has 32 heavy (non-hydrogen) atoms. The number of fused-ring (bicyclic) bond motifs is 2. The molecule has 5 rings (SSSR count). The maximum absolute atomic E-state index is 6.07. The standard InChI is InChI=1S/C25H30N4O3/c1-30-23-15-21-22(16-24(23)32-11-3-8-29-9-12-31-13-10-29)26-17-27-25(21)28-20-7-6-18-4-2-5-19(18)14-20/h6-7,14-17H,2-5,8-13H2,1H3,(H,26,27,28). The minimum absolute atomic E-state index is 0.630. The Kier molecular flexibility index (Phi) is 6.36. The summed E-state index contributed by atoms with van der Waals surface area (Å²) in [6.45, 7) is 5.27. The monoisotopic (exact) mass is 434 g/mol. The number of aryl methyl sites for hydroxylation is 2. The highest BCUT2D eigenvalue weighted by molar-refractivity contribution is 5.93. The second-order valence-electron chi connectivity index (χ2n) is 8.36. The van der Waals surface area contributed by atoms with Crippen molar-refractivity contribution in [3.05, 3.63) is 47.8 Å². The van der Waals surface area contributed by atoms with Crippen molar-refractivity contribution in [2.75, 3.05) is 51.9 Å². The Morgan fingerprint density at radius 3 is 2.78 bits per heavy atom. The zero-order valence-electron chi connectivity index (χ0n) is 18.6. The average Bonchev–Trinajstić information content (AvgIpc) is 3.30. The van der Waals surface area contributed by atoms with Crippen molar-refractivity contribution in [1.82, 2.24) is 14.9 Å². The largest absolute Gasteiger partial charge is 0.493 e. The van der Waals surface area contributed by atoms with Crippen molar-refractivity contribution >= 4 is 22.4 Å². The molecule has 3 aromatic rings. The van der Waals surface area contributed by atoms with Gasteiger partial charge >= 0.3 is 0 Å². The summed E-state index contributed by atoms with van der Waals surface area (Å²) in [5.74, 6) is 2.17. The van der Waals surface area contributed by atoms with Crippen LogP contribution in [0.1, 0.15) is 24.0 Å². The zero-order chi connectivity index (χ0) is 21.8. The van der Waals surface area contributed by atoms with Crippen LogP contribution >= 0.6 is 0 Å². The zero-order valence-corrected chi connectivity index (χ0v) is 18.6. The first-order valence-corrected chi connectivity index (χ1v) is 11.4. The fraction of sp³-hybridized carbons (Fsp3) is 0.440. The number of morpholine rings is 1. The maximum Gasteiger partial charge on any atom is 0.163 e. The van der Waals surface area contributed by atoms with E-state index in [1.807, 2.05) is 12.1 Å². The van der Waals surface area contributed by atoms with Gasteiger partial charge in [-0.2, -0.15) is 0 Å². The van der Waals surface area contributed by atoms with Gasteiger partial charge in [-0.3, -0.25) is 4.90 Å². The topological polar surface area (TPSA) is 68.7 Å². The lowest BCUT2D eigenvalue weighted by atomic mass is 10.1. The van der Waals surface area contributed by atoms with E-state index in [2.05, 4.69) is 38.4 Å². The van der Waals surface area contributed by atoms with Crippen molar-refractivity contribution in [2.45, 2.75) is 25.7 Å². The minimum Gasteiger partial charge on any atom is -0.493 e. The number of hydrogen-bond donors (Lipinski definition) is 1. The first-order valence-electron chi connectivity index (χ1n) is 11.4. The third-order valence-electron chi connectivity index (χ3n) is 6.26. The molecule has 0 radical (unpaired) electrons. The summed E-state index contributed by atoms with van der Waals surface area (Å²) < 4.78 is 17.1. The molecule has 0 atom stereocenters. The molecule has 168 valence electrons. The van der Waals surface area contributed by atoms with Gasteiger partial charge in [0.05, 0.1) is 32.4 Å². The molecule has 1 aliphatic heterocycles. The number of anilines is 2. The van der Waals surface area contributed by atoms with Crippen molar-refractivity contribution in [3.63, 3.8) is 0 Å². The van der Waals surface area contributed by atoms with Crippen LogP contribution in [0.25, 0.3) is 10.9 Å². The lowest BCUT2D eigenvalue weighted by Gasteiger charge is -2.26. The Morgan fingerprint density at radius 2 is 1.91 bits per heavy atom. The van der Waals surface area contributed by atoms with E-state index >= 15 is 0 Å². The number of methoxy groups -OCH3 is 1. The van der Waals surface area contributed by atoms with Crippen molar-refractivity contribution in [3.8, 4) is 11.5 Å². The smallest absolute Gasteiger partial charge is 0.163 e. The summed E-state index contributed by atoms with van der Waals surface area (Å²) in [7, 11) is 1.67. The van der Waals surface area contributed by atoms with Crippen LogP contribution < -0.4 is 14.8 Å². The molecule has 1 fully saturated rings. The first kappa shape index (κ1) is 21.0. The SMILES string of the molecule is COc1cc2c(Nc3ccc4c(c3)CCC4)ncnc2cc1OCCCN1CCOCC1. The lowest BCUT2D eigenvalue weighted by molar-refractivity contribution is 0.0357. The summed E-state index contributed by atoms with van der Waals surface area (Å²) in [6, 6.07) is 10.5. The highest BCUT2D eigenvalue weighted by atomic mass is 16.5. The van der Waals surface area contributed by atoms with E-state index in [1.54, 1.807) is 13.4 Å². The third-order valence-corrected chi connectivity index (χ3v) is 6.26. The second kappa shape index (κ2) is 9.71. The Bertz CT molecular complexity index is 1080. The number of nitrogens with one attached hydrogen (secondary N) is 1. The average molecular weight is 435 g/mol. The fourth-order valence-electron chi connectivity index (χ4n) is 4.52. The number of rotatable bonds is 8. The Hall–Kier alpha value is -2.90. The normalized spacial score (nSPS) is 16.2. The van der Waals surface area contributed by atoms with E-state index in [-0.39, 0.29) is 0 Å². The van der Waals surface area contributed by atoms with Gasteiger partial charge in [0.2, 0.25) is 0 Å². The first-order chi connectivity index (χ1) is 15.8. The van der Waals surface area contributed by atoms with Crippen LogP contribution in [-0.2, 0) is 17.6 Å². The Morgan fingerprint density at radius 1 is 1.03 bits per heavy atom. The van der Waals surface area contributed by atoms with Gasteiger partial charge in [0.15, 0.2) is 11.5 Å². The molecule has 7 heteroatoms. The maximum atomic E-state index is 6.07. The predicted octanol–water partition coefficient (Wildman–Crippen LogP) is 3.97. The van der Waals surface area contributed by atoms with Gasteiger partial charge in [0.25, 0.3) is 0 Å². The van der Waals surface area contributed by atoms with Gasteiger partial charge in [-0.1, -0.05) is 6.07 Å². The molecule has 0 amide bonds. The van der Waals surface area contributed by atoms with Crippen molar-refractivity contribution in [1.29, 1.82) is 0 Å². The number of benzene rings is 2. The molecule has 1 aliphatic carbocycles. The van der Waals surface area contributed by atoms with Gasteiger partial charge in [-0.25, -0.2) is 9.97 Å². The molecule has 0 spiro atoms. The third kappa shape index (κ3) is 4.64. The predicted molar refractivity (Wildman–Crippen MR) is 125 cm³/mol. The minimum atomic E-state index is 0.630. The van der Waals surface area contributed by atoms with Gasteiger partial charge in [0.1, 0.15) is 12.1 Å². The molecular weight excluding hydrogens is 404 g/mol. The van der Waals surface area contributed by atoms with Crippen LogP contribution in [-0.4, -0.2) is 61.4 Å². The number of hydrogen-bond acceptors (Lipinski definition) is 7. The van der Waals surface area contributed by atoms with E-state index in [4.69, 9.17) is 14.2 Å². The summed E-state index contributed by atoms with van der Waals surface area (Å²) in [4.78, 5) is 11.4. The summed E-state index contributed by atoms with van der Waals surface area (Å²) >= 11 is 0. The van der Waals surface area contributed by atoms with E-state index in [0.717, 1.165) is 68.1 Å². The van der Waals surface area contributed by atoms with Crippen LogP contribution in [0.4, 0.5) is 11.5 Å². The summed E-state index contributed by atoms with van der Waals surface area (Å²) in [6.07, 6.45) is 6.11. The van der Waals surface area contributed by atoms with E-state index in [0.29, 0.717) is 18.1 Å². The summed E-state index contributed by atoms with van der Waals surface area (Å²) in [5.41, 5.74) is 4.76. The van der Waals surface area contributed by atoms with Crippen molar-refractivity contribution < 1.29 is 14.2 Å². The quantitative estimate of drug-likeness (QED) is 0.538. The van der Waals surface area contributed by atoms with Crippen LogP contribution in [0, 0.1) is 0 Å². The van der Waals surface area contributed by atoms with Crippen molar-refractivity contribution in [2.24, 2.45) is 0 Å². The fourth-order valence-corrected chi connectivity index (χ4v) is 4.52. The molecule has 1 N–H and O–H groups in total. The van der Waals surface area contributed by atoms with Crippen LogP contribution in [0.3, 0.4) is 0 Å². The van der Waals surface area contributed by atoms with Gasteiger partial charge in [0, 0.05) is 36.8 Å². The van der Waals surface area contributed by atoms with Crippen LogP contribution in [0.15, 0.2) is 36.7 Å². The van der Waals surface area contributed by atoms with Crippen LogP contribution in [0.5, 0.6) is 11.5 Å². The molecule has 2 aromatic carbocycles. The van der Waals surface area contributed by atoms with E-state index < -0.39 is 0 Å². The highest BCUT2D eigenvalue weighted by Gasteiger charge is 2.15. The van der Waals surface area contributed by atoms with Gasteiger partial charge < -0.3 is 19.5 Å². The summed E-state index contributed by atoms with van der Waals surface area (Å²) in [5, 5.41) is 4.38. The molecule has 2 heterocycles. The molecule has 0 saturated carbocycles. The number of aromatic nitrogens is 2. The molecule has 0 bridgehead atoms. The number of nitrogens with zero attached hydrogens (tertiary/aromatic N) is 3. The van der Waals surface area contributed by atoms with E-state index in [9.17, 15) is 0 Å². The van der Waals surface area contributed by atoms with E-state index in [1.165, 1.54) is 24.0 Å². The highest BCUT2D eigenvalue weighted by Crippen LogP contribution is 2.35.